The Bertz CT molecular complexity index is 180. The first-order chi connectivity index (χ1) is 4.33. The molecule has 0 saturated carbocycles. The molecule has 3 nitrogen and oxygen atoms in total. The van der Waals surface area contributed by atoms with Crippen molar-refractivity contribution in [2.45, 2.75) is 13.0 Å². The normalized spacial score (nSPS) is 9.89. The first kappa shape index (κ1) is 6.13. The molecule has 0 unspecified atom stereocenters. The lowest BCUT2D eigenvalue weighted by Gasteiger charge is -1.93. The molecular formula is C6H10N3. The highest BCUT2D eigenvalue weighted by Gasteiger charge is 1.89. The maximum atomic E-state index is 5.41. The number of hydrogen-bond acceptors (Lipinski definition) is 2. The zero-order valence-electron chi connectivity index (χ0n) is 5.25. The minimum absolute atomic E-state index is 0.712. The lowest BCUT2D eigenvalue weighted by Crippen LogP contribution is -1.95. The number of rotatable bonds is 2. The lowest BCUT2D eigenvalue weighted by molar-refractivity contribution is 0.622. The molecule has 0 atom stereocenters. The van der Waals surface area contributed by atoms with Crippen molar-refractivity contribution in [1.29, 1.82) is 0 Å². The third kappa shape index (κ3) is 1.45. The summed E-state index contributed by atoms with van der Waals surface area (Å²) in [5, 5.41) is 3.96. The number of nitrogen functional groups attached to an aromatic ring is 1. The summed E-state index contributed by atoms with van der Waals surface area (Å²) >= 11 is 0. The molecule has 1 radical (unpaired) electrons. The summed E-state index contributed by atoms with van der Waals surface area (Å²) in [7, 11) is 0. The number of aromatic nitrogens is 2. The monoisotopic (exact) mass is 124 g/mol. The summed E-state index contributed by atoms with van der Waals surface area (Å²) in [5.74, 6) is 0. The molecule has 0 saturated heterocycles. The van der Waals surface area contributed by atoms with Gasteiger partial charge in [0.1, 0.15) is 0 Å². The topological polar surface area (TPSA) is 43.8 Å². The maximum Gasteiger partial charge on any atom is 0.0719 e. The Morgan fingerprint density at radius 2 is 2.56 bits per heavy atom. The van der Waals surface area contributed by atoms with Gasteiger partial charge in [-0.3, -0.25) is 4.68 Å². The number of hydrogen-bond donors (Lipinski definition) is 1. The van der Waals surface area contributed by atoms with Crippen molar-refractivity contribution in [2.24, 2.45) is 0 Å². The Morgan fingerprint density at radius 3 is 3.00 bits per heavy atom. The maximum absolute atomic E-state index is 5.41. The highest BCUT2D eigenvalue weighted by Crippen LogP contribution is 1.97. The van der Waals surface area contributed by atoms with Crippen LogP contribution in [0.5, 0.6) is 0 Å². The van der Waals surface area contributed by atoms with E-state index < -0.39 is 0 Å². The molecule has 0 aliphatic heterocycles. The van der Waals surface area contributed by atoms with E-state index in [1.807, 2.05) is 0 Å². The van der Waals surface area contributed by atoms with Crippen LogP contribution in [-0.2, 0) is 6.54 Å². The Morgan fingerprint density at radius 1 is 1.78 bits per heavy atom. The standard InChI is InChI=1S/C6H10N3/c1-2-3-9-5-6(7)4-8-9/h4-5H,1-3,7H2. The van der Waals surface area contributed by atoms with Crippen molar-refractivity contribution in [2.75, 3.05) is 5.73 Å². The van der Waals surface area contributed by atoms with Gasteiger partial charge in [0.25, 0.3) is 0 Å². The molecule has 0 amide bonds. The second-order valence-corrected chi connectivity index (χ2v) is 1.89. The van der Waals surface area contributed by atoms with Crippen LogP contribution in [0.25, 0.3) is 0 Å². The van der Waals surface area contributed by atoms with Gasteiger partial charge >= 0.3 is 0 Å². The number of anilines is 1. The van der Waals surface area contributed by atoms with Crippen molar-refractivity contribution >= 4 is 5.69 Å². The fraction of sp³-hybridized carbons (Fsp3) is 0.333. The molecule has 0 aliphatic carbocycles. The van der Waals surface area contributed by atoms with E-state index in [1.54, 1.807) is 17.1 Å². The predicted molar refractivity (Wildman–Crippen MR) is 36.6 cm³/mol. The van der Waals surface area contributed by atoms with Gasteiger partial charge in [-0.2, -0.15) is 5.10 Å². The molecule has 49 valence electrons. The van der Waals surface area contributed by atoms with Crippen LogP contribution >= 0.6 is 0 Å². The number of nitrogens with two attached hydrogens (primary N) is 1. The minimum Gasteiger partial charge on any atom is -0.396 e. The van der Waals surface area contributed by atoms with Gasteiger partial charge in [-0.1, -0.05) is 6.92 Å². The van der Waals surface area contributed by atoms with Crippen LogP contribution in [0.2, 0.25) is 0 Å². The van der Waals surface area contributed by atoms with Gasteiger partial charge in [0.2, 0.25) is 0 Å². The first-order valence-corrected chi connectivity index (χ1v) is 2.90. The molecule has 0 fully saturated rings. The summed E-state index contributed by atoms with van der Waals surface area (Å²) in [4.78, 5) is 0. The van der Waals surface area contributed by atoms with E-state index in [1.165, 1.54) is 0 Å². The van der Waals surface area contributed by atoms with Gasteiger partial charge < -0.3 is 5.73 Å². The summed E-state index contributed by atoms with van der Waals surface area (Å²) in [6.07, 6.45) is 4.28. The smallest absolute Gasteiger partial charge is 0.0719 e. The van der Waals surface area contributed by atoms with E-state index >= 15 is 0 Å². The number of aryl methyl sites for hydroxylation is 1. The highest BCUT2D eigenvalue weighted by molar-refractivity contribution is 5.30. The van der Waals surface area contributed by atoms with Crippen LogP contribution < -0.4 is 5.73 Å². The molecule has 0 aliphatic rings. The molecule has 0 bridgehead atoms. The first-order valence-electron chi connectivity index (χ1n) is 2.90. The summed E-state index contributed by atoms with van der Waals surface area (Å²) in [6.45, 7) is 4.53. The van der Waals surface area contributed by atoms with Gasteiger partial charge in [-0.25, -0.2) is 0 Å². The quantitative estimate of drug-likeness (QED) is 0.630. The Hall–Kier alpha value is -0.990. The zero-order valence-corrected chi connectivity index (χ0v) is 5.25. The molecule has 1 rings (SSSR count). The van der Waals surface area contributed by atoms with Gasteiger partial charge in [-0.05, 0) is 6.42 Å². The van der Waals surface area contributed by atoms with Gasteiger partial charge in [0.05, 0.1) is 11.9 Å². The van der Waals surface area contributed by atoms with E-state index in [0.717, 1.165) is 13.0 Å². The van der Waals surface area contributed by atoms with Crippen LogP contribution in [-0.4, -0.2) is 9.78 Å². The molecule has 9 heavy (non-hydrogen) atoms. The van der Waals surface area contributed by atoms with Gasteiger partial charge in [0, 0.05) is 12.7 Å². The molecule has 1 aromatic rings. The van der Waals surface area contributed by atoms with Crippen LogP contribution in [0, 0.1) is 6.92 Å². The minimum atomic E-state index is 0.712. The molecular weight excluding hydrogens is 114 g/mol. The van der Waals surface area contributed by atoms with Crippen molar-refractivity contribution in [3.8, 4) is 0 Å². The van der Waals surface area contributed by atoms with E-state index in [2.05, 4.69) is 12.0 Å². The largest absolute Gasteiger partial charge is 0.396 e. The fourth-order valence-electron chi connectivity index (χ4n) is 0.664. The van der Waals surface area contributed by atoms with Crippen LogP contribution in [0.4, 0.5) is 5.69 Å². The SMILES string of the molecule is [CH2]CCn1cc(N)cn1. The Balaban J connectivity index is 2.61. The third-order valence-corrected chi connectivity index (χ3v) is 1.04. The van der Waals surface area contributed by atoms with Crippen LogP contribution in [0.3, 0.4) is 0 Å². The number of nitrogens with zero attached hydrogens (tertiary/aromatic N) is 2. The van der Waals surface area contributed by atoms with Gasteiger partial charge in [0.15, 0.2) is 0 Å². The molecule has 1 heterocycles. The van der Waals surface area contributed by atoms with Crippen LogP contribution in [0.1, 0.15) is 6.42 Å². The fourth-order valence-corrected chi connectivity index (χ4v) is 0.664. The van der Waals surface area contributed by atoms with Crippen molar-refractivity contribution < 1.29 is 0 Å². The van der Waals surface area contributed by atoms with E-state index in [0.29, 0.717) is 5.69 Å². The van der Waals surface area contributed by atoms with Crippen molar-refractivity contribution in [1.82, 2.24) is 9.78 Å². The lowest BCUT2D eigenvalue weighted by atomic mass is 10.5. The Labute approximate surface area is 54.5 Å². The molecule has 0 spiro atoms. The van der Waals surface area contributed by atoms with E-state index in [-0.39, 0.29) is 0 Å². The second-order valence-electron chi connectivity index (χ2n) is 1.89. The predicted octanol–water partition coefficient (Wildman–Crippen LogP) is 0.689. The summed E-state index contributed by atoms with van der Waals surface area (Å²) < 4.78 is 1.78. The van der Waals surface area contributed by atoms with E-state index in [9.17, 15) is 0 Å². The third-order valence-electron chi connectivity index (χ3n) is 1.04. The molecule has 2 N–H and O–H groups in total. The second kappa shape index (κ2) is 2.53. The Kier molecular flexibility index (Phi) is 1.72. The van der Waals surface area contributed by atoms with Crippen molar-refractivity contribution in [3.05, 3.63) is 19.3 Å². The van der Waals surface area contributed by atoms with Crippen LogP contribution in [0.15, 0.2) is 12.4 Å². The average Bonchev–Trinajstić information content (AvgIpc) is 2.17. The summed E-state index contributed by atoms with van der Waals surface area (Å²) in [5.41, 5.74) is 6.12. The van der Waals surface area contributed by atoms with Gasteiger partial charge in [-0.15, -0.1) is 0 Å². The molecule has 3 heteroatoms. The van der Waals surface area contributed by atoms with E-state index in [4.69, 9.17) is 5.73 Å². The summed E-state index contributed by atoms with van der Waals surface area (Å²) in [6, 6.07) is 0. The zero-order chi connectivity index (χ0) is 6.69. The van der Waals surface area contributed by atoms with Crippen molar-refractivity contribution in [3.63, 3.8) is 0 Å². The average molecular weight is 124 g/mol. The molecule has 1 aromatic heterocycles. The molecule has 0 aromatic carbocycles. The highest BCUT2D eigenvalue weighted by atomic mass is 15.3.